The van der Waals surface area contributed by atoms with Gasteiger partial charge in [-0.05, 0) is 51.8 Å². The molecule has 0 spiro atoms. The Labute approximate surface area is 137 Å². The molecule has 0 unspecified atom stereocenters. The highest BCUT2D eigenvalue weighted by Gasteiger charge is 2.00. The summed E-state index contributed by atoms with van der Waals surface area (Å²) in [7, 11) is 0. The quantitative estimate of drug-likeness (QED) is 0.398. The van der Waals surface area contributed by atoms with Crippen LogP contribution in [0.2, 0.25) is 0 Å². The molecular weight excluding hydrogens is 288 g/mol. The zero-order valence-corrected chi connectivity index (χ0v) is 14.1. The topological polar surface area (TPSA) is 39.4 Å². The summed E-state index contributed by atoms with van der Waals surface area (Å²) in [4.78, 5) is 11.2. The Hall–Kier alpha value is -2.29. The lowest BCUT2D eigenvalue weighted by Gasteiger charge is -2.07. The first-order valence-corrected chi connectivity index (χ1v) is 8.00. The second kappa shape index (κ2) is 8.37. The maximum Gasteiger partial charge on any atom is 0.336 e. The Morgan fingerprint density at radius 1 is 1.09 bits per heavy atom. The molecule has 0 aliphatic carbocycles. The van der Waals surface area contributed by atoms with Gasteiger partial charge in [-0.25, -0.2) is 4.79 Å². The van der Waals surface area contributed by atoms with E-state index in [-0.39, 0.29) is 5.63 Å². The van der Waals surface area contributed by atoms with Gasteiger partial charge in [0.15, 0.2) is 0 Å². The third-order valence-corrected chi connectivity index (χ3v) is 3.57. The number of allylic oxidation sites excluding steroid dienone is 3. The molecule has 0 fully saturated rings. The van der Waals surface area contributed by atoms with Crippen molar-refractivity contribution in [2.75, 3.05) is 6.61 Å². The van der Waals surface area contributed by atoms with Gasteiger partial charge >= 0.3 is 5.63 Å². The van der Waals surface area contributed by atoms with Crippen LogP contribution in [0.3, 0.4) is 0 Å². The monoisotopic (exact) mass is 312 g/mol. The zero-order chi connectivity index (χ0) is 16.7. The molecular formula is C20H24O3. The third-order valence-electron chi connectivity index (χ3n) is 3.57. The molecule has 0 bridgehead atoms. The van der Waals surface area contributed by atoms with Crippen molar-refractivity contribution < 1.29 is 9.15 Å². The predicted octanol–water partition coefficient (Wildman–Crippen LogP) is 5.25. The minimum Gasteiger partial charge on any atom is -0.493 e. The molecule has 0 atom stereocenters. The standard InChI is InChI=1S/C20H24O3/c1-15(2)6-4-5-7-16(3)12-13-22-18-10-8-17-9-11-20(21)23-19(17)14-18/h6-11,14H,4-5,12-13H2,1-3H3. The summed E-state index contributed by atoms with van der Waals surface area (Å²) in [5, 5.41) is 0.896. The number of unbranched alkanes of at least 4 members (excludes halogenated alkanes) is 1. The number of hydrogen-bond acceptors (Lipinski definition) is 3. The average Bonchev–Trinajstić information content (AvgIpc) is 2.51. The Balaban J connectivity index is 1.85. The number of hydrogen-bond donors (Lipinski definition) is 0. The second-order valence-corrected chi connectivity index (χ2v) is 5.96. The van der Waals surface area contributed by atoms with Crippen LogP contribution in [0.25, 0.3) is 11.0 Å². The first-order chi connectivity index (χ1) is 11.0. The van der Waals surface area contributed by atoms with Gasteiger partial charge in [0.05, 0.1) is 6.61 Å². The van der Waals surface area contributed by atoms with E-state index >= 15 is 0 Å². The van der Waals surface area contributed by atoms with E-state index in [0.29, 0.717) is 12.2 Å². The summed E-state index contributed by atoms with van der Waals surface area (Å²) in [5.41, 5.74) is 2.91. The van der Waals surface area contributed by atoms with Crippen LogP contribution in [0.15, 0.2) is 62.8 Å². The van der Waals surface area contributed by atoms with Gasteiger partial charge in [0.2, 0.25) is 0 Å². The first kappa shape index (κ1) is 17.1. The zero-order valence-electron chi connectivity index (χ0n) is 14.1. The molecule has 0 radical (unpaired) electrons. The Bertz CT molecular complexity index is 762. The number of benzene rings is 1. The van der Waals surface area contributed by atoms with E-state index in [0.717, 1.165) is 30.4 Å². The maximum atomic E-state index is 11.2. The lowest BCUT2D eigenvalue weighted by atomic mass is 10.1. The van der Waals surface area contributed by atoms with Gasteiger partial charge in [0.25, 0.3) is 0 Å². The first-order valence-electron chi connectivity index (χ1n) is 8.00. The maximum absolute atomic E-state index is 11.2. The summed E-state index contributed by atoms with van der Waals surface area (Å²) in [5.74, 6) is 0.726. The number of ether oxygens (including phenoxy) is 1. The van der Waals surface area contributed by atoms with Gasteiger partial charge in [-0.15, -0.1) is 0 Å². The van der Waals surface area contributed by atoms with E-state index in [1.54, 1.807) is 12.1 Å². The molecule has 1 aromatic heterocycles. The smallest absolute Gasteiger partial charge is 0.336 e. The Kier molecular flexibility index (Phi) is 6.21. The summed E-state index contributed by atoms with van der Waals surface area (Å²) in [6.45, 7) is 6.99. The summed E-state index contributed by atoms with van der Waals surface area (Å²) in [6.07, 6.45) is 7.57. The minimum atomic E-state index is -0.343. The molecule has 0 saturated carbocycles. The summed E-state index contributed by atoms with van der Waals surface area (Å²) < 4.78 is 10.9. The highest BCUT2D eigenvalue weighted by Crippen LogP contribution is 2.20. The fraction of sp³-hybridized carbons (Fsp3) is 0.350. The molecule has 3 nitrogen and oxygen atoms in total. The Morgan fingerprint density at radius 3 is 2.61 bits per heavy atom. The van der Waals surface area contributed by atoms with Crippen molar-refractivity contribution >= 4 is 11.0 Å². The second-order valence-electron chi connectivity index (χ2n) is 5.96. The van der Waals surface area contributed by atoms with E-state index in [4.69, 9.17) is 9.15 Å². The molecule has 0 amide bonds. The number of fused-ring (bicyclic) bond motifs is 1. The molecule has 1 aromatic carbocycles. The molecule has 0 aliphatic heterocycles. The SMILES string of the molecule is CC(C)=CCCC=C(C)CCOc1ccc2ccc(=O)oc2c1. The molecule has 3 heteroatoms. The van der Waals surface area contributed by atoms with Crippen molar-refractivity contribution in [1.82, 2.24) is 0 Å². The van der Waals surface area contributed by atoms with Gasteiger partial charge in [0, 0.05) is 23.9 Å². The molecule has 1 heterocycles. The van der Waals surface area contributed by atoms with Crippen LogP contribution < -0.4 is 10.4 Å². The van der Waals surface area contributed by atoms with E-state index < -0.39 is 0 Å². The third kappa shape index (κ3) is 5.78. The lowest BCUT2D eigenvalue weighted by Crippen LogP contribution is -1.99. The van der Waals surface area contributed by atoms with Gasteiger partial charge < -0.3 is 9.15 Å². The molecule has 122 valence electrons. The summed E-state index contributed by atoms with van der Waals surface area (Å²) in [6, 6.07) is 8.74. The van der Waals surface area contributed by atoms with Crippen LogP contribution in [0.1, 0.15) is 40.0 Å². The van der Waals surface area contributed by atoms with Crippen molar-refractivity contribution in [3.8, 4) is 5.75 Å². The minimum absolute atomic E-state index is 0.343. The normalized spacial score (nSPS) is 11.5. The molecule has 0 N–H and O–H groups in total. The van der Waals surface area contributed by atoms with Gasteiger partial charge in [-0.1, -0.05) is 23.3 Å². The molecule has 0 aliphatic rings. The van der Waals surface area contributed by atoms with E-state index in [2.05, 4.69) is 32.9 Å². The van der Waals surface area contributed by atoms with Crippen LogP contribution in [-0.4, -0.2) is 6.61 Å². The Morgan fingerprint density at radius 2 is 1.83 bits per heavy atom. The summed E-state index contributed by atoms with van der Waals surface area (Å²) >= 11 is 0. The highest BCUT2D eigenvalue weighted by atomic mass is 16.5. The fourth-order valence-corrected chi connectivity index (χ4v) is 2.26. The van der Waals surface area contributed by atoms with Crippen LogP contribution in [0.5, 0.6) is 5.75 Å². The van der Waals surface area contributed by atoms with Gasteiger partial charge in [0.1, 0.15) is 11.3 Å². The largest absolute Gasteiger partial charge is 0.493 e. The highest BCUT2D eigenvalue weighted by molar-refractivity contribution is 5.77. The molecule has 2 aromatic rings. The average molecular weight is 312 g/mol. The van der Waals surface area contributed by atoms with Crippen molar-refractivity contribution in [3.63, 3.8) is 0 Å². The molecule has 2 rings (SSSR count). The van der Waals surface area contributed by atoms with E-state index in [1.165, 1.54) is 17.2 Å². The molecule has 0 saturated heterocycles. The molecule has 23 heavy (non-hydrogen) atoms. The van der Waals surface area contributed by atoms with Gasteiger partial charge in [-0.2, -0.15) is 0 Å². The van der Waals surface area contributed by atoms with Crippen molar-refractivity contribution in [1.29, 1.82) is 0 Å². The predicted molar refractivity (Wildman–Crippen MR) is 95.0 cm³/mol. The van der Waals surface area contributed by atoms with Gasteiger partial charge in [-0.3, -0.25) is 0 Å². The van der Waals surface area contributed by atoms with Crippen molar-refractivity contribution in [2.24, 2.45) is 0 Å². The van der Waals surface area contributed by atoms with Crippen LogP contribution in [0.4, 0.5) is 0 Å². The lowest BCUT2D eigenvalue weighted by molar-refractivity contribution is 0.321. The fourth-order valence-electron chi connectivity index (χ4n) is 2.26. The van der Waals surface area contributed by atoms with Crippen molar-refractivity contribution in [2.45, 2.75) is 40.0 Å². The van der Waals surface area contributed by atoms with E-state index in [9.17, 15) is 4.79 Å². The van der Waals surface area contributed by atoms with Crippen LogP contribution in [0, 0.1) is 0 Å². The van der Waals surface area contributed by atoms with E-state index in [1.807, 2.05) is 12.1 Å². The van der Waals surface area contributed by atoms with Crippen LogP contribution in [-0.2, 0) is 0 Å². The van der Waals surface area contributed by atoms with Crippen molar-refractivity contribution in [3.05, 3.63) is 64.1 Å². The number of rotatable bonds is 7. The van der Waals surface area contributed by atoms with Crippen LogP contribution >= 0.6 is 0 Å².